The highest BCUT2D eigenvalue weighted by Gasteiger charge is 2.17. The number of fused-ring (bicyclic) bond motifs is 1. The average Bonchev–Trinajstić information content (AvgIpc) is 2.58. The molecule has 3 rings (SSSR count). The Morgan fingerprint density at radius 3 is 2.60 bits per heavy atom. The maximum atomic E-state index is 12.2. The lowest BCUT2D eigenvalue weighted by Crippen LogP contribution is -2.27. The Morgan fingerprint density at radius 1 is 1.20 bits per heavy atom. The highest BCUT2D eigenvalue weighted by molar-refractivity contribution is 7.89. The van der Waals surface area contributed by atoms with Gasteiger partial charge >= 0.3 is 0 Å². The van der Waals surface area contributed by atoms with E-state index < -0.39 is 10.0 Å². The molecule has 0 spiro atoms. The number of nitrogens with one attached hydrogen (secondary N) is 2. The molecule has 0 saturated carbocycles. The van der Waals surface area contributed by atoms with Gasteiger partial charge in [0.25, 0.3) is 11.8 Å². The summed E-state index contributed by atoms with van der Waals surface area (Å²) in [6.45, 7) is 0.163. The average molecular weight is 361 g/mol. The minimum absolute atomic E-state index is 0.00741. The van der Waals surface area contributed by atoms with Crippen LogP contribution in [0.15, 0.2) is 47.4 Å². The molecule has 0 bridgehead atoms. The fourth-order valence-corrected chi connectivity index (χ4v) is 2.82. The van der Waals surface area contributed by atoms with Crippen LogP contribution in [0.5, 0.6) is 5.75 Å². The zero-order valence-electron chi connectivity index (χ0n) is 13.0. The fraction of sp³-hybridized carbons (Fsp3) is 0.125. The molecule has 0 fully saturated rings. The summed E-state index contributed by atoms with van der Waals surface area (Å²) in [4.78, 5) is 23.6. The van der Waals surface area contributed by atoms with Gasteiger partial charge in [0.05, 0.1) is 10.6 Å². The van der Waals surface area contributed by atoms with E-state index >= 15 is 0 Å². The molecule has 1 heterocycles. The van der Waals surface area contributed by atoms with Gasteiger partial charge in [0.1, 0.15) is 5.75 Å². The summed E-state index contributed by atoms with van der Waals surface area (Å²) in [5.74, 6) is -0.104. The maximum Gasteiger partial charge on any atom is 0.262 e. The molecular weight excluding hydrogens is 346 g/mol. The van der Waals surface area contributed by atoms with Gasteiger partial charge in [-0.15, -0.1) is 0 Å². The normalized spacial score (nSPS) is 13.4. The zero-order valence-corrected chi connectivity index (χ0v) is 13.8. The van der Waals surface area contributed by atoms with Crippen LogP contribution in [-0.4, -0.2) is 26.8 Å². The molecule has 0 radical (unpaired) electrons. The Morgan fingerprint density at radius 2 is 1.92 bits per heavy atom. The van der Waals surface area contributed by atoms with Crippen LogP contribution in [0, 0.1) is 0 Å². The van der Waals surface area contributed by atoms with Gasteiger partial charge < -0.3 is 15.4 Å². The number of carbonyl (C=O) groups excluding carboxylic acids is 2. The van der Waals surface area contributed by atoms with E-state index in [9.17, 15) is 18.0 Å². The lowest BCUT2D eigenvalue weighted by molar-refractivity contribution is -0.118. The number of hydrogen-bond donors (Lipinski definition) is 3. The van der Waals surface area contributed by atoms with E-state index in [1.54, 1.807) is 24.3 Å². The molecule has 0 unspecified atom stereocenters. The van der Waals surface area contributed by atoms with Crippen LogP contribution in [0.3, 0.4) is 0 Å². The molecule has 2 aromatic carbocycles. The van der Waals surface area contributed by atoms with E-state index in [-0.39, 0.29) is 29.9 Å². The smallest absolute Gasteiger partial charge is 0.262 e. The molecule has 1 aliphatic rings. The zero-order chi connectivity index (χ0) is 18.0. The Kier molecular flexibility index (Phi) is 4.43. The van der Waals surface area contributed by atoms with Gasteiger partial charge in [0, 0.05) is 12.1 Å². The summed E-state index contributed by atoms with van der Waals surface area (Å²) in [6.07, 6.45) is 0. The first-order chi connectivity index (χ1) is 11.8. The highest BCUT2D eigenvalue weighted by Crippen LogP contribution is 2.28. The molecular formula is C16H15N3O5S. The third-order valence-corrected chi connectivity index (χ3v) is 4.51. The molecule has 0 aliphatic carbocycles. The number of benzene rings is 2. The van der Waals surface area contributed by atoms with Crippen LogP contribution in [0.4, 0.5) is 5.69 Å². The quantitative estimate of drug-likeness (QED) is 0.734. The van der Waals surface area contributed by atoms with Gasteiger partial charge in [-0.3, -0.25) is 9.59 Å². The van der Waals surface area contributed by atoms with Crippen molar-refractivity contribution in [2.75, 3.05) is 11.9 Å². The van der Waals surface area contributed by atoms with Crippen LogP contribution in [0.1, 0.15) is 15.9 Å². The molecule has 0 saturated heterocycles. The van der Waals surface area contributed by atoms with E-state index in [1.807, 2.05) is 0 Å². The predicted octanol–water partition coefficient (Wildman–Crippen LogP) is 0.595. The Hall–Kier alpha value is -2.91. The van der Waals surface area contributed by atoms with Crippen molar-refractivity contribution in [3.63, 3.8) is 0 Å². The van der Waals surface area contributed by atoms with E-state index in [4.69, 9.17) is 9.88 Å². The molecule has 4 N–H and O–H groups in total. The maximum absolute atomic E-state index is 12.2. The van der Waals surface area contributed by atoms with Gasteiger partial charge in [0.2, 0.25) is 10.0 Å². The van der Waals surface area contributed by atoms with E-state index in [2.05, 4.69) is 10.6 Å². The van der Waals surface area contributed by atoms with Crippen molar-refractivity contribution >= 4 is 27.5 Å². The third-order valence-electron chi connectivity index (χ3n) is 3.58. The predicted molar refractivity (Wildman–Crippen MR) is 89.6 cm³/mol. The van der Waals surface area contributed by atoms with Crippen LogP contribution >= 0.6 is 0 Å². The molecule has 2 aromatic rings. The Bertz CT molecular complexity index is 939. The second kappa shape index (κ2) is 6.54. The molecule has 0 aromatic heterocycles. The standard InChI is InChI=1S/C16H15N3O5S/c17-25(22,23)12-4-1-10(2-5-12)8-18-16(21)11-3-6-14-13(7-11)19-15(20)9-24-14/h1-7H,8-9H2,(H,18,21)(H,19,20)(H2,17,22,23). The Labute approximate surface area is 144 Å². The number of sulfonamides is 1. The van der Waals surface area contributed by atoms with Gasteiger partial charge in [-0.2, -0.15) is 0 Å². The van der Waals surface area contributed by atoms with Crippen molar-refractivity contribution in [2.24, 2.45) is 5.14 Å². The lowest BCUT2D eigenvalue weighted by atomic mass is 10.1. The monoisotopic (exact) mass is 361 g/mol. The van der Waals surface area contributed by atoms with Crippen LogP contribution in [0.25, 0.3) is 0 Å². The number of ether oxygens (including phenoxy) is 1. The number of amides is 2. The van der Waals surface area contributed by atoms with Crippen LogP contribution in [-0.2, 0) is 21.4 Å². The van der Waals surface area contributed by atoms with Gasteiger partial charge in [0.15, 0.2) is 6.61 Å². The minimum Gasteiger partial charge on any atom is -0.482 e. The molecule has 130 valence electrons. The van der Waals surface area contributed by atoms with E-state index in [0.717, 1.165) is 5.56 Å². The first kappa shape index (κ1) is 16.9. The van der Waals surface area contributed by atoms with Crippen molar-refractivity contribution in [1.29, 1.82) is 0 Å². The van der Waals surface area contributed by atoms with Crippen molar-refractivity contribution in [2.45, 2.75) is 11.4 Å². The highest BCUT2D eigenvalue weighted by atomic mass is 32.2. The number of primary sulfonamides is 1. The summed E-state index contributed by atoms with van der Waals surface area (Å²) in [6, 6.07) is 10.6. The number of anilines is 1. The topological polar surface area (TPSA) is 128 Å². The first-order valence-corrected chi connectivity index (χ1v) is 8.84. The summed E-state index contributed by atoms with van der Waals surface area (Å²) < 4.78 is 27.6. The molecule has 9 heteroatoms. The van der Waals surface area contributed by atoms with Crippen molar-refractivity contribution < 1.29 is 22.7 Å². The van der Waals surface area contributed by atoms with Crippen molar-refractivity contribution in [3.05, 3.63) is 53.6 Å². The number of carbonyl (C=O) groups is 2. The first-order valence-electron chi connectivity index (χ1n) is 7.29. The van der Waals surface area contributed by atoms with Crippen molar-refractivity contribution in [1.82, 2.24) is 5.32 Å². The molecule has 8 nitrogen and oxygen atoms in total. The molecule has 2 amide bonds. The largest absolute Gasteiger partial charge is 0.482 e. The second-order valence-corrected chi connectivity index (χ2v) is 6.98. The van der Waals surface area contributed by atoms with Crippen LogP contribution < -0.4 is 20.5 Å². The number of hydrogen-bond acceptors (Lipinski definition) is 5. The fourth-order valence-electron chi connectivity index (χ4n) is 2.31. The summed E-state index contributed by atoms with van der Waals surface area (Å²) in [7, 11) is -3.74. The lowest BCUT2D eigenvalue weighted by Gasteiger charge is -2.18. The molecule has 0 atom stereocenters. The van der Waals surface area contributed by atoms with Crippen molar-refractivity contribution in [3.8, 4) is 5.75 Å². The number of nitrogens with two attached hydrogens (primary N) is 1. The molecule has 1 aliphatic heterocycles. The third kappa shape index (κ3) is 3.95. The van der Waals surface area contributed by atoms with Gasteiger partial charge in [-0.1, -0.05) is 12.1 Å². The second-order valence-electron chi connectivity index (χ2n) is 5.42. The SMILES string of the molecule is NS(=O)(=O)c1ccc(CNC(=O)c2ccc3c(c2)NC(=O)CO3)cc1. The van der Waals surface area contributed by atoms with Gasteiger partial charge in [-0.05, 0) is 35.9 Å². The van der Waals surface area contributed by atoms with E-state index in [0.29, 0.717) is 17.0 Å². The van der Waals surface area contributed by atoms with E-state index in [1.165, 1.54) is 18.2 Å². The molecule has 25 heavy (non-hydrogen) atoms. The van der Waals surface area contributed by atoms with Gasteiger partial charge in [-0.25, -0.2) is 13.6 Å². The van der Waals surface area contributed by atoms with Crippen LogP contribution in [0.2, 0.25) is 0 Å². The number of rotatable bonds is 4. The summed E-state index contributed by atoms with van der Waals surface area (Å²) in [5, 5.41) is 10.4. The minimum atomic E-state index is -3.74. The Balaban J connectivity index is 1.67. The summed E-state index contributed by atoms with van der Waals surface area (Å²) in [5.41, 5.74) is 1.53. The summed E-state index contributed by atoms with van der Waals surface area (Å²) >= 11 is 0.